The van der Waals surface area contributed by atoms with E-state index in [1.54, 1.807) is 12.1 Å². The summed E-state index contributed by atoms with van der Waals surface area (Å²) in [5.74, 6) is -0.611. The Kier molecular flexibility index (Phi) is 4.96. The second kappa shape index (κ2) is 7.14. The van der Waals surface area contributed by atoms with Gasteiger partial charge >= 0.3 is 6.09 Å². The number of amides is 2. The van der Waals surface area contributed by atoms with Crippen molar-refractivity contribution in [1.29, 1.82) is 0 Å². The summed E-state index contributed by atoms with van der Waals surface area (Å²) in [4.78, 5) is 24.3. The Morgan fingerprint density at radius 2 is 2.33 bits per heavy atom. The van der Waals surface area contributed by atoms with Crippen molar-refractivity contribution < 1.29 is 23.5 Å². The lowest BCUT2D eigenvalue weighted by atomic mass is 10.1. The summed E-state index contributed by atoms with van der Waals surface area (Å²) in [5.41, 5.74) is 0.892. The van der Waals surface area contributed by atoms with Crippen LogP contribution in [0.1, 0.15) is 18.6 Å². The molecule has 7 nitrogen and oxygen atoms in total. The van der Waals surface area contributed by atoms with Gasteiger partial charge in [-0.25, -0.2) is 9.18 Å². The van der Waals surface area contributed by atoms with E-state index in [9.17, 15) is 14.0 Å². The highest BCUT2D eigenvalue weighted by molar-refractivity contribution is 5.89. The first-order chi connectivity index (χ1) is 11.5. The molecular formula is C16H20FN3O4. The molecule has 0 saturated carbocycles. The Morgan fingerprint density at radius 1 is 1.50 bits per heavy atom. The van der Waals surface area contributed by atoms with E-state index in [-0.39, 0.29) is 25.1 Å². The van der Waals surface area contributed by atoms with Gasteiger partial charge in [-0.3, -0.25) is 9.69 Å². The highest BCUT2D eigenvalue weighted by atomic mass is 19.1. The lowest BCUT2D eigenvalue weighted by Crippen LogP contribution is -2.34. The third kappa shape index (κ3) is 3.65. The second-order valence-corrected chi connectivity index (χ2v) is 5.82. The van der Waals surface area contributed by atoms with Crippen LogP contribution in [0.3, 0.4) is 0 Å². The maximum absolute atomic E-state index is 14.4. The van der Waals surface area contributed by atoms with E-state index < -0.39 is 18.0 Å². The van der Waals surface area contributed by atoms with Crippen molar-refractivity contribution in [2.24, 2.45) is 0 Å². The number of hydrogen-bond acceptors (Lipinski definition) is 5. The Labute approximate surface area is 139 Å². The van der Waals surface area contributed by atoms with Crippen LogP contribution in [0.5, 0.6) is 0 Å². The van der Waals surface area contributed by atoms with Gasteiger partial charge in [-0.15, -0.1) is 0 Å². The average Bonchev–Trinajstić information content (AvgIpc) is 2.94. The molecule has 2 aliphatic rings. The van der Waals surface area contributed by atoms with Crippen LogP contribution in [0.2, 0.25) is 0 Å². The smallest absolute Gasteiger partial charge is 0.414 e. The molecule has 0 aromatic heterocycles. The molecule has 2 N–H and O–H groups in total. The molecular weight excluding hydrogens is 317 g/mol. The van der Waals surface area contributed by atoms with Crippen molar-refractivity contribution in [2.45, 2.75) is 19.1 Å². The third-order valence-electron chi connectivity index (χ3n) is 4.02. The molecule has 0 spiro atoms. The van der Waals surface area contributed by atoms with Crippen molar-refractivity contribution in [2.75, 3.05) is 37.7 Å². The lowest BCUT2D eigenvalue weighted by Gasteiger charge is -2.25. The second-order valence-electron chi connectivity index (χ2n) is 5.82. The van der Waals surface area contributed by atoms with E-state index in [0.29, 0.717) is 24.4 Å². The first kappa shape index (κ1) is 16.7. The summed E-state index contributed by atoms with van der Waals surface area (Å²) in [6.07, 6.45) is -1.33. The van der Waals surface area contributed by atoms with Gasteiger partial charge in [0.1, 0.15) is 11.9 Å². The summed E-state index contributed by atoms with van der Waals surface area (Å²) >= 11 is 0. The van der Waals surface area contributed by atoms with E-state index >= 15 is 0 Å². The number of anilines is 1. The van der Waals surface area contributed by atoms with E-state index in [4.69, 9.17) is 9.47 Å². The van der Waals surface area contributed by atoms with Crippen molar-refractivity contribution in [3.8, 4) is 0 Å². The van der Waals surface area contributed by atoms with Gasteiger partial charge in [-0.2, -0.15) is 0 Å². The van der Waals surface area contributed by atoms with Crippen LogP contribution in [-0.2, 0) is 14.3 Å². The number of carbonyl (C=O) groups excluding carboxylic acids is 2. The predicted molar refractivity (Wildman–Crippen MR) is 84.3 cm³/mol. The molecule has 1 aromatic carbocycles. The molecule has 0 bridgehead atoms. The molecule has 1 aromatic rings. The first-order valence-electron chi connectivity index (χ1n) is 7.89. The van der Waals surface area contributed by atoms with Crippen LogP contribution in [0.15, 0.2) is 18.2 Å². The van der Waals surface area contributed by atoms with Crippen LogP contribution in [0.25, 0.3) is 0 Å². The summed E-state index contributed by atoms with van der Waals surface area (Å²) in [6, 6.07) is 4.63. The van der Waals surface area contributed by atoms with Crippen LogP contribution >= 0.6 is 0 Å². The molecule has 2 atom stereocenters. The predicted octanol–water partition coefficient (Wildman–Crippen LogP) is 0.948. The monoisotopic (exact) mass is 337 g/mol. The van der Waals surface area contributed by atoms with E-state index in [1.165, 1.54) is 17.9 Å². The number of halogens is 1. The van der Waals surface area contributed by atoms with Gasteiger partial charge in [0.15, 0.2) is 0 Å². The Bertz CT molecular complexity index is 634. The number of ether oxygens (including phenoxy) is 2. The number of morpholine rings is 1. The first-order valence-corrected chi connectivity index (χ1v) is 7.89. The minimum atomic E-state index is -0.548. The van der Waals surface area contributed by atoms with Crippen molar-refractivity contribution in [1.82, 2.24) is 10.6 Å². The summed E-state index contributed by atoms with van der Waals surface area (Å²) in [5, 5.41) is 5.76. The number of hydrogen-bond donors (Lipinski definition) is 2. The molecule has 0 radical (unpaired) electrons. The van der Waals surface area contributed by atoms with Crippen LogP contribution in [-0.4, -0.2) is 50.9 Å². The number of nitrogens with zero attached hydrogens (tertiary/aromatic N) is 1. The Morgan fingerprint density at radius 3 is 3.00 bits per heavy atom. The standard InChI is InChI=1S/C16H20FN3O4/c1-10(21)19-7-12-9-20(16(22)24-12)11-2-3-13(14(17)6-11)15-8-18-4-5-23-15/h2-3,6,12,15,18H,4-5,7-9H2,1H3,(H,19,21). The molecule has 2 heterocycles. The fourth-order valence-corrected chi connectivity index (χ4v) is 2.81. The molecule has 2 amide bonds. The number of nitrogens with one attached hydrogen (secondary N) is 2. The van der Waals surface area contributed by atoms with Gasteiger partial charge in [0.25, 0.3) is 0 Å². The van der Waals surface area contributed by atoms with Crippen molar-refractivity contribution >= 4 is 17.7 Å². The Balaban J connectivity index is 1.69. The molecule has 3 rings (SSSR count). The maximum Gasteiger partial charge on any atom is 0.414 e. The molecule has 2 unspecified atom stereocenters. The highest BCUT2D eigenvalue weighted by Gasteiger charge is 2.33. The van der Waals surface area contributed by atoms with Gasteiger partial charge in [-0.1, -0.05) is 6.07 Å². The molecule has 2 fully saturated rings. The van der Waals surface area contributed by atoms with E-state index in [1.807, 2.05) is 0 Å². The van der Waals surface area contributed by atoms with Gasteiger partial charge in [0.2, 0.25) is 5.91 Å². The summed E-state index contributed by atoms with van der Waals surface area (Å²) in [6.45, 7) is 3.74. The maximum atomic E-state index is 14.4. The van der Waals surface area contributed by atoms with Crippen LogP contribution in [0.4, 0.5) is 14.9 Å². The van der Waals surface area contributed by atoms with E-state index in [2.05, 4.69) is 10.6 Å². The largest absolute Gasteiger partial charge is 0.442 e. The minimum absolute atomic E-state index is 0.194. The number of rotatable bonds is 4. The SMILES string of the molecule is CC(=O)NCC1CN(c2ccc(C3CNCCO3)c(F)c2)C(=O)O1. The fraction of sp³-hybridized carbons (Fsp3) is 0.500. The molecule has 24 heavy (non-hydrogen) atoms. The minimum Gasteiger partial charge on any atom is -0.442 e. The van der Waals surface area contributed by atoms with Gasteiger partial charge < -0.3 is 20.1 Å². The Hall–Kier alpha value is -2.19. The normalized spacial score (nSPS) is 23.9. The summed E-state index contributed by atoms with van der Waals surface area (Å²) in [7, 11) is 0. The van der Waals surface area contributed by atoms with Crippen molar-refractivity contribution in [3.05, 3.63) is 29.6 Å². The molecule has 2 aliphatic heterocycles. The topological polar surface area (TPSA) is 79.9 Å². The third-order valence-corrected chi connectivity index (χ3v) is 4.02. The zero-order valence-corrected chi connectivity index (χ0v) is 13.4. The van der Waals surface area contributed by atoms with Gasteiger partial charge in [0.05, 0.1) is 31.5 Å². The van der Waals surface area contributed by atoms with Crippen LogP contribution < -0.4 is 15.5 Å². The fourth-order valence-electron chi connectivity index (χ4n) is 2.81. The summed E-state index contributed by atoms with van der Waals surface area (Å²) < 4.78 is 25.2. The van der Waals surface area contributed by atoms with Crippen LogP contribution in [0, 0.1) is 5.82 Å². The van der Waals surface area contributed by atoms with Gasteiger partial charge in [0, 0.05) is 25.6 Å². The molecule has 0 aliphatic carbocycles. The molecule has 130 valence electrons. The average molecular weight is 337 g/mol. The van der Waals surface area contributed by atoms with Crippen molar-refractivity contribution in [3.63, 3.8) is 0 Å². The lowest BCUT2D eigenvalue weighted by molar-refractivity contribution is -0.119. The number of cyclic esters (lactones) is 1. The number of carbonyl (C=O) groups is 2. The molecule has 8 heteroatoms. The zero-order valence-electron chi connectivity index (χ0n) is 13.4. The van der Waals surface area contributed by atoms with E-state index in [0.717, 1.165) is 6.54 Å². The zero-order chi connectivity index (χ0) is 17.1. The number of benzene rings is 1. The van der Waals surface area contributed by atoms with Gasteiger partial charge in [-0.05, 0) is 12.1 Å². The quantitative estimate of drug-likeness (QED) is 0.855. The highest BCUT2D eigenvalue weighted by Crippen LogP contribution is 2.28. The molecule has 2 saturated heterocycles.